The van der Waals surface area contributed by atoms with Crippen LogP contribution in [-0.4, -0.2) is 81.9 Å². The van der Waals surface area contributed by atoms with Gasteiger partial charge in [0.2, 0.25) is 0 Å². The van der Waals surface area contributed by atoms with E-state index >= 15 is 0 Å². The van der Waals surface area contributed by atoms with E-state index in [-0.39, 0.29) is 17.6 Å². The summed E-state index contributed by atoms with van der Waals surface area (Å²) < 4.78 is 7.72. The van der Waals surface area contributed by atoms with Gasteiger partial charge in [-0.15, -0.1) is 0 Å². The van der Waals surface area contributed by atoms with Crippen LogP contribution < -0.4 is 20.4 Å². The summed E-state index contributed by atoms with van der Waals surface area (Å²) in [7, 11) is 4.08. The predicted octanol–water partition coefficient (Wildman–Crippen LogP) is 2.67. The van der Waals surface area contributed by atoms with Crippen molar-refractivity contribution >= 4 is 34.2 Å². The normalized spacial score (nSPS) is 23.0. The van der Waals surface area contributed by atoms with Crippen molar-refractivity contribution in [2.45, 2.75) is 31.9 Å². The van der Waals surface area contributed by atoms with Crippen molar-refractivity contribution in [1.29, 1.82) is 0 Å². The van der Waals surface area contributed by atoms with Crippen molar-refractivity contribution in [2.75, 3.05) is 54.5 Å². The number of hydrogen-bond donors (Lipinski definition) is 2. The molecule has 7 rings (SSSR count). The van der Waals surface area contributed by atoms with E-state index in [9.17, 15) is 0 Å². The summed E-state index contributed by atoms with van der Waals surface area (Å²) in [6.45, 7) is 6.30. The molecule has 11 nitrogen and oxygen atoms in total. The first-order chi connectivity index (χ1) is 18.4. The lowest BCUT2D eigenvalue weighted by molar-refractivity contribution is 0.0974. The van der Waals surface area contributed by atoms with Gasteiger partial charge in [-0.25, -0.2) is 9.97 Å². The van der Waals surface area contributed by atoms with Gasteiger partial charge in [-0.3, -0.25) is 9.78 Å². The summed E-state index contributed by atoms with van der Waals surface area (Å²) in [6.07, 6.45) is 7.98. The lowest BCUT2D eigenvalue weighted by Gasteiger charge is -2.41. The van der Waals surface area contributed by atoms with Gasteiger partial charge in [0, 0.05) is 69.1 Å². The SMILES string of the molecule is C[C@@H]1OCC2(CCN(c3cnc4c(N5CCN(C)c6c(-c7cnn(C)c7)cccc65)n[nH]c4n3)CC2)[C@@H]1N. The summed E-state index contributed by atoms with van der Waals surface area (Å²) in [6, 6.07) is 6.49. The maximum atomic E-state index is 6.51. The van der Waals surface area contributed by atoms with Crippen LogP contribution in [0.15, 0.2) is 36.8 Å². The number of fused-ring (bicyclic) bond motifs is 2. The minimum atomic E-state index is 0.0814. The van der Waals surface area contributed by atoms with Gasteiger partial charge in [-0.2, -0.15) is 10.2 Å². The summed E-state index contributed by atoms with van der Waals surface area (Å²) >= 11 is 0. The third kappa shape index (κ3) is 3.56. The molecule has 1 spiro atoms. The number of aromatic amines is 1. The number of nitrogens with two attached hydrogens (primary N) is 1. The molecule has 3 aliphatic heterocycles. The van der Waals surface area contributed by atoms with E-state index in [0.717, 1.165) is 85.3 Å². The molecule has 0 amide bonds. The number of ether oxygens (including phenoxy) is 1. The van der Waals surface area contributed by atoms with E-state index in [1.54, 1.807) is 0 Å². The van der Waals surface area contributed by atoms with E-state index in [2.05, 4.69) is 63.3 Å². The number of likely N-dealkylation sites (N-methyl/N-ethyl adjacent to an activating group) is 1. The second-order valence-electron chi connectivity index (χ2n) is 11.0. The van der Waals surface area contributed by atoms with Gasteiger partial charge in [0.1, 0.15) is 5.82 Å². The van der Waals surface area contributed by atoms with Crippen molar-refractivity contribution in [3.05, 3.63) is 36.8 Å². The first kappa shape index (κ1) is 23.4. The smallest absolute Gasteiger partial charge is 0.183 e. The Hall–Kier alpha value is -3.70. The number of nitrogens with one attached hydrogen (secondary N) is 1. The van der Waals surface area contributed by atoms with Crippen LogP contribution in [0.2, 0.25) is 0 Å². The van der Waals surface area contributed by atoms with Crippen LogP contribution in [0.5, 0.6) is 0 Å². The Balaban J connectivity index is 1.18. The molecular weight excluding hydrogens is 480 g/mol. The molecular formula is C27H34N10O. The Kier molecular flexibility index (Phi) is 5.34. The van der Waals surface area contributed by atoms with Crippen molar-refractivity contribution < 1.29 is 4.74 Å². The first-order valence-corrected chi connectivity index (χ1v) is 13.4. The number of piperidine rings is 1. The standard InChI is InChI=1S/C27H34N10O/c1-17-24(28)27(16-38-17)7-9-36(10-8-27)21-14-29-22-25(31-21)32-33-26(22)37-12-11-34(2)23-19(5-4-6-20(23)37)18-13-30-35(3)15-18/h4-6,13-15,17,24H,7-12,16,28H2,1-3H3,(H,31,32,33)/t17-,24+/m0/s1. The highest BCUT2D eigenvalue weighted by Gasteiger charge is 2.47. The number of rotatable bonds is 3. The lowest BCUT2D eigenvalue weighted by atomic mass is 9.73. The maximum absolute atomic E-state index is 6.51. The van der Waals surface area contributed by atoms with E-state index in [1.807, 2.05) is 24.1 Å². The van der Waals surface area contributed by atoms with Crippen LogP contribution in [0.4, 0.5) is 23.0 Å². The number of para-hydroxylation sites is 1. The van der Waals surface area contributed by atoms with Gasteiger partial charge in [-0.05, 0) is 25.8 Å². The van der Waals surface area contributed by atoms with Gasteiger partial charge in [0.15, 0.2) is 17.0 Å². The zero-order valence-corrected chi connectivity index (χ0v) is 22.1. The highest BCUT2D eigenvalue weighted by atomic mass is 16.5. The molecule has 2 atom stereocenters. The van der Waals surface area contributed by atoms with E-state index < -0.39 is 0 Å². The van der Waals surface area contributed by atoms with Crippen molar-refractivity contribution in [3.63, 3.8) is 0 Å². The molecule has 198 valence electrons. The molecule has 11 heteroatoms. The highest BCUT2D eigenvalue weighted by molar-refractivity contribution is 5.95. The zero-order valence-electron chi connectivity index (χ0n) is 22.1. The molecule has 0 unspecified atom stereocenters. The number of aromatic nitrogens is 6. The van der Waals surface area contributed by atoms with Crippen molar-refractivity contribution in [2.24, 2.45) is 18.2 Å². The number of benzene rings is 1. The molecule has 6 heterocycles. The number of H-pyrrole nitrogens is 1. The molecule has 2 saturated heterocycles. The molecule has 1 aromatic carbocycles. The van der Waals surface area contributed by atoms with E-state index in [1.165, 1.54) is 0 Å². The first-order valence-electron chi connectivity index (χ1n) is 13.4. The van der Waals surface area contributed by atoms with E-state index in [0.29, 0.717) is 5.65 Å². The molecule has 3 N–H and O–H groups in total. The Labute approximate surface area is 221 Å². The van der Waals surface area contributed by atoms with E-state index in [4.69, 9.17) is 25.5 Å². The van der Waals surface area contributed by atoms with Crippen LogP contribution >= 0.6 is 0 Å². The third-order valence-electron chi connectivity index (χ3n) is 8.79. The molecule has 3 aliphatic rings. The molecule has 0 radical (unpaired) electrons. The van der Waals surface area contributed by atoms with Crippen LogP contribution in [0.25, 0.3) is 22.3 Å². The molecule has 4 aromatic rings. The minimum Gasteiger partial charge on any atom is -0.376 e. The number of nitrogens with zero attached hydrogens (tertiary/aromatic N) is 8. The molecule has 0 bridgehead atoms. The third-order valence-corrected chi connectivity index (χ3v) is 8.79. The topological polar surface area (TPSA) is 117 Å². The van der Waals surface area contributed by atoms with Crippen LogP contribution in [0.1, 0.15) is 19.8 Å². The van der Waals surface area contributed by atoms with Crippen LogP contribution in [0, 0.1) is 5.41 Å². The largest absolute Gasteiger partial charge is 0.376 e. The summed E-state index contributed by atoms with van der Waals surface area (Å²) in [5.41, 5.74) is 12.6. The average Bonchev–Trinajstić information content (AvgIpc) is 3.63. The van der Waals surface area contributed by atoms with Gasteiger partial charge < -0.3 is 25.2 Å². The molecule has 38 heavy (non-hydrogen) atoms. The fourth-order valence-corrected chi connectivity index (χ4v) is 6.42. The quantitative estimate of drug-likeness (QED) is 0.425. The lowest BCUT2D eigenvalue weighted by Crippen LogP contribution is -2.50. The summed E-state index contributed by atoms with van der Waals surface area (Å²) in [5.74, 6) is 1.68. The summed E-state index contributed by atoms with van der Waals surface area (Å²) in [5, 5.41) is 12.2. The molecule has 3 aromatic heterocycles. The van der Waals surface area contributed by atoms with Crippen LogP contribution in [0.3, 0.4) is 0 Å². The Morgan fingerprint density at radius 3 is 2.68 bits per heavy atom. The molecule has 0 saturated carbocycles. The van der Waals surface area contributed by atoms with Crippen molar-refractivity contribution in [1.82, 2.24) is 29.9 Å². The molecule has 2 fully saturated rings. The summed E-state index contributed by atoms with van der Waals surface area (Å²) in [4.78, 5) is 16.7. The maximum Gasteiger partial charge on any atom is 0.183 e. The average molecular weight is 515 g/mol. The monoisotopic (exact) mass is 514 g/mol. The Bertz CT molecular complexity index is 1490. The molecule has 0 aliphatic carbocycles. The van der Waals surface area contributed by atoms with Gasteiger partial charge in [0.25, 0.3) is 0 Å². The number of anilines is 4. The van der Waals surface area contributed by atoms with Gasteiger partial charge in [0.05, 0.1) is 36.5 Å². The Morgan fingerprint density at radius 1 is 1.11 bits per heavy atom. The Morgan fingerprint density at radius 2 is 1.95 bits per heavy atom. The van der Waals surface area contributed by atoms with Crippen LogP contribution in [-0.2, 0) is 11.8 Å². The highest BCUT2D eigenvalue weighted by Crippen LogP contribution is 2.44. The second-order valence-corrected chi connectivity index (χ2v) is 11.0. The number of aryl methyl sites for hydroxylation is 1. The predicted molar refractivity (Wildman–Crippen MR) is 148 cm³/mol. The van der Waals surface area contributed by atoms with Gasteiger partial charge >= 0.3 is 0 Å². The number of hydrogen-bond acceptors (Lipinski definition) is 9. The van der Waals surface area contributed by atoms with Gasteiger partial charge in [-0.1, -0.05) is 12.1 Å². The second kappa shape index (κ2) is 8.67. The van der Waals surface area contributed by atoms with Crippen molar-refractivity contribution in [3.8, 4) is 11.1 Å². The fraction of sp³-hybridized carbons (Fsp3) is 0.481. The zero-order chi connectivity index (χ0) is 26.0. The minimum absolute atomic E-state index is 0.0814. The fourth-order valence-electron chi connectivity index (χ4n) is 6.42.